The minimum absolute atomic E-state index is 0.00638. The van der Waals surface area contributed by atoms with Gasteiger partial charge in [-0.25, -0.2) is 4.98 Å². The maximum Gasteiger partial charge on any atom is 0.310 e. The number of nitrogens with zero attached hydrogens (tertiary/aromatic N) is 3. The van der Waals surface area contributed by atoms with E-state index in [4.69, 9.17) is 16.3 Å². The highest BCUT2D eigenvalue weighted by Gasteiger charge is 2.65. The zero-order valence-corrected chi connectivity index (χ0v) is 21.5. The Balaban J connectivity index is 1.73. The third kappa shape index (κ3) is 5.79. The van der Waals surface area contributed by atoms with Crippen LogP contribution in [0.5, 0.6) is 5.75 Å². The molecule has 0 fully saturated rings. The van der Waals surface area contributed by atoms with Crippen LogP contribution in [0.4, 0.5) is 30.8 Å². The Morgan fingerprint density at radius 2 is 1.84 bits per heavy atom. The lowest BCUT2D eigenvalue weighted by Crippen LogP contribution is -2.29. The number of pyridine rings is 1. The molecule has 0 bridgehead atoms. The van der Waals surface area contributed by atoms with Crippen molar-refractivity contribution in [1.82, 2.24) is 14.1 Å². The Labute approximate surface area is 218 Å². The maximum atomic E-state index is 13.4. The molecule has 2 aromatic heterocycles. The summed E-state index contributed by atoms with van der Waals surface area (Å²) in [6, 6.07) is 7.21. The molecule has 0 aliphatic heterocycles. The smallest absolute Gasteiger partial charge is 0.310 e. The number of ether oxygens (including phenoxy) is 1. The SMILES string of the molecule is COc1cc(Nc2cc(Cl)cn([C@@H](CO)c3cccc(S(F)(F)(F)(F)F)c3)c2=O)ccc1-n1cnc(C)c1. The molecule has 0 saturated carbocycles. The van der Waals surface area contributed by atoms with Crippen molar-refractivity contribution < 1.29 is 29.3 Å². The predicted molar refractivity (Wildman–Crippen MR) is 137 cm³/mol. The van der Waals surface area contributed by atoms with E-state index in [1.807, 2.05) is 6.92 Å². The highest BCUT2D eigenvalue weighted by atomic mass is 35.5. The number of hydrogen-bond donors (Lipinski definition) is 2. The van der Waals surface area contributed by atoms with Crippen LogP contribution >= 0.6 is 21.8 Å². The topological polar surface area (TPSA) is 81.3 Å². The van der Waals surface area contributed by atoms with Gasteiger partial charge in [0.25, 0.3) is 5.56 Å². The molecule has 2 aromatic carbocycles. The van der Waals surface area contributed by atoms with Crippen LogP contribution in [-0.4, -0.2) is 32.9 Å². The summed E-state index contributed by atoms with van der Waals surface area (Å²) >= 11 is 6.18. The molecular weight excluding hydrogens is 555 g/mol. The maximum absolute atomic E-state index is 13.4. The number of halogens is 6. The lowest BCUT2D eigenvalue weighted by Gasteiger charge is -2.40. The van der Waals surface area contributed by atoms with E-state index in [1.54, 1.807) is 35.3 Å². The molecule has 0 unspecified atom stereocenters. The fourth-order valence-corrected chi connectivity index (χ4v) is 4.79. The fraction of sp³-hybridized carbons (Fsp3) is 0.167. The summed E-state index contributed by atoms with van der Waals surface area (Å²) in [5, 5.41) is 12.9. The normalized spacial score (nSPS) is 14.4. The number of aryl methyl sites for hydroxylation is 1. The molecule has 2 heterocycles. The van der Waals surface area contributed by atoms with Gasteiger partial charge in [-0.15, -0.1) is 0 Å². The number of imidazole rings is 1. The summed E-state index contributed by atoms with van der Waals surface area (Å²) in [6.07, 6.45) is 4.50. The van der Waals surface area contributed by atoms with Crippen molar-refractivity contribution in [2.24, 2.45) is 0 Å². The van der Waals surface area contributed by atoms with E-state index in [-0.39, 0.29) is 28.4 Å². The molecule has 0 amide bonds. The number of aliphatic hydroxyl groups excluding tert-OH is 1. The molecule has 0 radical (unpaired) electrons. The second-order valence-electron chi connectivity index (χ2n) is 8.46. The Kier molecular flexibility index (Phi) is 6.53. The lowest BCUT2D eigenvalue weighted by molar-refractivity contribution is 0.247. The molecule has 4 rings (SSSR count). The molecule has 2 N–H and O–H groups in total. The summed E-state index contributed by atoms with van der Waals surface area (Å²) in [5.41, 5.74) is 0.684. The van der Waals surface area contributed by atoms with Crippen LogP contribution in [0.25, 0.3) is 5.69 Å². The number of nitrogens with one attached hydrogen (secondary N) is 1. The van der Waals surface area contributed by atoms with E-state index in [0.29, 0.717) is 17.1 Å². The average Bonchev–Trinajstić information content (AvgIpc) is 3.27. The molecule has 204 valence electrons. The first kappa shape index (κ1) is 27.5. The summed E-state index contributed by atoms with van der Waals surface area (Å²) in [6.45, 7) is 0.964. The third-order valence-electron chi connectivity index (χ3n) is 5.66. The first-order valence-electron chi connectivity index (χ1n) is 10.9. The van der Waals surface area contributed by atoms with E-state index in [1.165, 1.54) is 13.2 Å². The van der Waals surface area contributed by atoms with Gasteiger partial charge in [-0.1, -0.05) is 43.2 Å². The number of hydrogen-bond acceptors (Lipinski definition) is 5. The van der Waals surface area contributed by atoms with Crippen molar-refractivity contribution in [2.75, 3.05) is 19.0 Å². The van der Waals surface area contributed by atoms with E-state index in [2.05, 4.69) is 10.3 Å². The number of aromatic nitrogens is 3. The van der Waals surface area contributed by atoms with Gasteiger partial charge in [0.05, 0.1) is 42.5 Å². The lowest BCUT2D eigenvalue weighted by atomic mass is 10.1. The van der Waals surface area contributed by atoms with Crippen LogP contribution in [0.15, 0.2) is 76.9 Å². The summed E-state index contributed by atoms with van der Waals surface area (Å²) in [7, 11) is -8.53. The summed E-state index contributed by atoms with van der Waals surface area (Å²) < 4.78 is 74.9. The van der Waals surface area contributed by atoms with Crippen molar-refractivity contribution >= 4 is 33.2 Å². The quantitative estimate of drug-likeness (QED) is 0.221. The Morgan fingerprint density at radius 1 is 1.11 bits per heavy atom. The molecule has 0 spiro atoms. The molecule has 0 saturated heterocycles. The van der Waals surface area contributed by atoms with Crippen LogP contribution in [0.1, 0.15) is 17.3 Å². The average molecular weight is 577 g/mol. The monoisotopic (exact) mass is 576 g/mol. The third-order valence-corrected chi connectivity index (χ3v) is 7.01. The standard InChI is InChI=1S/C24H22ClF5N4O3S/c1-15-11-33(14-31-15)21-7-6-18(10-23(21)37-2)32-20-9-17(25)12-34(24(20)36)22(13-35)16-4-3-5-19(8-16)38(26,27,28,29)30/h3-12,14,22,32,35H,13H2,1-2H3/t22-/m0/s1. The van der Waals surface area contributed by atoms with Crippen LogP contribution in [0.3, 0.4) is 0 Å². The molecule has 0 aliphatic carbocycles. The zero-order valence-electron chi connectivity index (χ0n) is 19.9. The molecule has 0 aliphatic rings. The largest absolute Gasteiger partial charge is 0.494 e. The number of anilines is 2. The van der Waals surface area contributed by atoms with Gasteiger partial charge >= 0.3 is 10.2 Å². The van der Waals surface area contributed by atoms with Gasteiger partial charge in [0.15, 0.2) is 0 Å². The number of methoxy groups -OCH3 is 1. The molecule has 4 aromatic rings. The van der Waals surface area contributed by atoms with Crippen molar-refractivity contribution in [3.05, 3.63) is 93.9 Å². The van der Waals surface area contributed by atoms with Gasteiger partial charge in [0.1, 0.15) is 16.3 Å². The molecular formula is C24H22ClF5N4O3S. The first-order chi connectivity index (χ1) is 17.6. The molecule has 14 heteroatoms. The van der Waals surface area contributed by atoms with Crippen LogP contribution in [-0.2, 0) is 0 Å². The van der Waals surface area contributed by atoms with Gasteiger partial charge in [-0.05, 0) is 42.8 Å². The summed E-state index contributed by atoms with van der Waals surface area (Å²) in [4.78, 5) is 15.3. The van der Waals surface area contributed by atoms with E-state index >= 15 is 0 Å². The van der Waals surface area contributed by atoms with E-state index < -0.39 is 33.3 Å². The highest BCUT2D eigenvalue weighted by molar-refractivity contribution is 8.45. The second kappa shape index (κ2) is 9.03. The molecule has 7 nitrogen and oxygen atoms in total. The van der Waals surface area contributed by atoms with Crippen molar-refractivity contribution in [2.45, 2.75) is 17.9 Å². The van der Waals surface area contributed by atoms with Crippen LogP contribution in [0.2, 0.25) is 5.02 Å². The molecule has 38 heavy (non-hydrogen) atoms. The van der Waals surface area contributed by atoms with Crippen molar-refractivity contribution in [3.8, 4) is 11.4 Å². The van der Waals surface area contributed by atoms with Gasteiger partial charge in [0, 0.05) is 24.1 Å². The van der Waals surface area contributed by atoms with Gasteiger partial charge in [-0.3, -0.25) is 4.79 Å². The Hall–Kier alpha value is -3.55. The second-order valence-corrected chi connectivity index (χ2v) is 11.3. The van der Waals surface area contributed by atoms with E-state index in [9.17, 15) is 29.3 Å². The highest BCUT2D eigenvalue weighted by Crippen LogP contribution is 3.02. The van der Waals surface area contributed by atoms with Gasteiger partial charge < -0.3 is 24.3 Å². The zero-order chi connectivity index (χ0) is 27.9. The first-order valence-corrected chi connectivity index (χ1v) is 13.2. The number of aliphatic hydroxyl groups is 1. The minimum atomic E-state index is -9.99. The van der Waals surface area contributed by atoms with Crippen LogP contribution < -0.4 is 15.6 Å². The van der Waals surface area contributed by atoms with Crippen molar-refractivity contribution in [1.29, 1.82) is 0 Å². The van der Waals surface area contributed by atoms with Gasteiger partial charge in [0.2, 0.25) is 0 Å². The fourth-order valence-electron chi connectivity index (χ4n) is 3.88. The number of benzene rings is 2. The van der Waals surface area contributed by atoms with Crippen molar-refractivity contribution in [3.63, 3.8) is 0 Å². The predicted octanol–water partition coefficient (Wildman–Crippen LogP) is 6.99. The minimum Gasteiger partial charge on any atom is -0.494 e. The number of rotatable bonds is 8. The van der Waals surface area contributed by atoms with E-state index in [0.717, 1.165) is 28.6 Å². The van der Waals surface area contributed by atoms with Gasteiger partial charge in [-0.2, -0.15) is 0 Å². The van der Waals surface area contributed by atoms with Crippen LogP contribution in [0, 0.1) is 6.92 Å². The Bertz CT molecular complexity index is 1580. The summed E-state index contributed by atoms with van der Waals surface area (Å²) in [5.74, 6) is 0.441. The Morgan fingerprint density at radius 3 is 2.45 bits per heavy atom. The molecule has 1 atom stereocenters.